The summed E-state index contributed by atoms with van der Waals surface area (Å²) in [6, 6.07) is 9.41. The van der Waals surface area contributed by atoms with Crippen molar-refractivity contribution in [3.63, 3.8) is 0 Å². The van der Waals surface area contributed by atoms with Crippen molar-refractivity contribution in [3.05, 3.63) is 30.3 Å². The lowest BCUT2D eigenvalue weighted by molar-refractivity contribution is -0.130. The molecule has 0 atom stereocenters. The van der Waals surface area contributed by atoms with Gasteiger partial charge in [0.05, 0.1) is 0 Å². The minimum absolute atomic E-state index is 0.0900. The summed E-state index contributed by atoms with van der Waals surface area (Å²) in [6.45, 7) is 2.64. The molecule has 1 aliphatic carbocycles. The van der Waals surface area contributed by atoms with Crippen LogP contribution in [0.25, 0.3) is 0 Å². The van der Waals surface area contributed by atoms with Gasteiger partial charge in [-0.15, -0.1) is 0 Å². The predicted molar refractivity (Wildman–Crippen MR) is 83.1 cm³/mol. The molecule has 0 spiro atoms. The van der Waals surface area contributed by atoms with Crippen molar-refractivity contribution in [1.82, 2.24) is 10.2 Å². The van der Waals surface area contributed by atoms with E-state index in [2.05, 4.69) is 10.6 Å². The quantitative estimate of drug-likeness (QED) is 0.875. The summed E-state index contributed by atoms with van der Waals surface area (Å²) in [6.07, 6.45) is 4.54. The molecule has 21 heavy (non-hydrogen) atoms. The molecular formula is C16H23N3O2. The van der Waals surface area contributed by atoms with Gasteiger partial charge >= 0.3 is 6.03 Å². The molecule has 3 amide bonds. The first-order valence-electron chi connectivity index (χ1n) is 7.54. The van der Waals surface area contributed by atoms with Crippen LogP contribution in [-0.2, 0) is 4.79 Å². The van der Waals surface area contributed by atoms with Crippen molar-refractivity contribution in [1.29, 1.82) is 0 Å². The Labute approximate surface area is 125 Å². The highest BCUT2D eigenvalue weighted by Gasteiger charge is 2.24. The van der Waals surface area contributed by atoms with Gasteiger partial charge in [0, 0.05) is 31.7 Å². The Kier molecular flexibility index (Phi) is 5.60. The third-order valence-electron chi connectivity index (χ3n) is 3.84. The lowest BCUT2D eigenvalue weighted by Crippen LogP contribution is -2.43. The number of amides is 3. The molecular weight excluding hydrogens is 266 g/mol. The third-order valence-corrected chi connectivity index (χ3v) is 3.84. The van der Waals surface area contributed by atoms with Crippen molar-refractivity contribution in [2.45, 2.75) is 38.6 Å². The van der Waals surface area contributed by atoms with Gasteiger partial charge in [-0.05, 0) is 25.0 Å². The zero-order chi connectivity index (χ0) is 15.1. The van der Waals surface area contributed by atoms with Crippen LogP contribution in [0, 0.1) is 0 Å². The number of carbonyl (C=O) groups is 2. The van der Waals surface area contributed by atoms with Crippen LogP contribution in [0.2, 0.25) is 0 Å². The number of urea groups is 1. The lowest BCUT2D eigenvalue weighted by atomic mass is 10.2. The van der Waals surface area contributed by atoms with Gasteiger partial charge in [-0.2, -0.15) is 0 Å². The Balaban J connectivity index is 1.74. The van der Waals surface area contributed by atoms with E-state index < -0.39 is 0 Å². The standard InChI is InChI=1S/C16H23N3O2/c1-13(20)19(15-9-5-6-10-15)12-11-17-16(21)18-14-7-3-2-4-8-14/h2-4,7-8,15H,5-6,9-12H2,1H3,(H2,17,18,21). The molecule has 5 heteroatoms. The van der Waals surface area contributed by atoms with Crippen molar-refractivity contribution in [2.24, 2.45) is 0 Å². The number of rotatable bonds is 5. The molecule has 2 N–H and O–H groups in total. The Morgan fingerprint density at radius 1 is 1.19 bits per heavy atom. The van der Waals surface area contributed by atoms with E-state index in [4.69, 9.17) is 0 Å². The number of benzene rings is 1. The number of hydrogen-bond donors (Lipinski definition) is 2. The number of hydrogen-bond acceptors (Lipinski definition) is 2. The van der Waals surface area contributed by atoms with Crippen LogP contribution in [0.4, 0.5) is 10.5 Å². The topological polar surface area (TPSA) is 61.4 Å². The fourth-order valence-corrected chi connectivity index (χ4v) is 2.80. The molecule has 0 radical (unpaired) electrons. The Morgan fingerprint density at radius 3 is 2.48 bits per heavy atom. The molecule has 1 fully saturated rings. The first-order chi connectivity index (χ1) is 10.2. The molecule has 114 valence electrons. The second-order valence-electron chi connectivity index (χ2n) is 5.40. The van der Waals surface area contributed by atoms with Crippen LogP contribution in [0.1, 0.15) is 32.6 Å². The van der Waals surface area contributed by atoms with E-state index in [1.807, 2.05) is 35.2 Å². The Hall–Kier alpha value is -2.04. The maximum absolute atomic E-state index is 11.8. The van der Waals surface area contributed by atoms with E-state index in [9.17, 15) is 9.59 Å². The van der Waals surface area contributed by atoms with Gasteiger partial charge in [-0.3, -0.25) is 4.79 Å². The first-order valence-corrected chi connectivity index (χ1v) is 7.54. The zero-order valence-corrected chi connectivity index (χ0v) is 12.5. The first kappa shape index (κ1) is 15.4. The van der Waals surface area contributed by atoms with Gasteiger partial charge in [0.25, 0.3) is 0 Å². The van der Waals surface area contributed by atoms with Crippen molar-refractivity contribution < 1.29 is 9.59 Å². The maximum atomic E-state index is 11.8. The normalized spacial score (nSPS) is 14.7. The minimum Gasteiger partial charge on any atom is -0.338 e. The molecule has 0 aliphatic heterocycles. The molecule has 0 unspecified atom stereocenters. The van der Waals surface area contributed by atoms with Crippen molar-refractivity contribution in [2.75, 3.05) is 18.4 Å². The number of carbonyl (C=O) groups excluding carboxylic acids is 2. The Morgan fingerprint density at radius 2 is 1.86 bits per heavy atom. The summed E-state index contributed by atoms with van der Waals surface area (Å²) in [5, 5.41) is 5.56. The number of para-hydroxylation sites is 1. The molecule has 1 aromatic rings. The molecule has 0 bridgehead atoms. The highest BCUT2D eigenvalue weighted by Crippen LogP contribution is 2.23. The molecule has 1 aliphatic rings. The maximum Gasteiger partial charge on any atom is 0.319 e. The molecule has 0 saturated heterocycles. The fourth-order valence-electron chi connectivity index (χ4n) is 2.80. The van der Waals surface area contributed by atoms with Crippen LogP contribution in [-0.4, -0.2) is 36.0 Å². The van der Waals surface area contributed by atoms with Crippen molar-refractivity contribution >= 4 is 17.6 Å². The monoisotopic (exact) mass is 289 g/mol. The Bertz CT molecular complexity index is 470. The van der Waals surface area contributed by atoms with Gasteiger partial charge in [-0.1, -0.05) is 31.0 Å². The van der Waals surface area contributed by atoms with E-state index in [1.165, 1.54) is 12.8 Å². The van der Waals surface area contributed by atoms with Crippen molar-refractivity contribution in [3.8, 4) is 0 Å². The highest BCUT2D eigenvalue weighted by molar-refractivity contribution is 5.89. The van der Waals surface area contributed by atoms with E-state index in [-0.39, 0.29) is 11.9 Å². The molecule has 0 heterocycles. The molecule has 0 aromatic heterocycles. The molecule has 5 nitrogen and oxygen atoms in total. The van der Waals surface area contributed by atoms with Gasteiger partial charge < -0.3 is 15.5 Å². The number of nitrogens with zero attached hydrogens (tertiary/aromatic N) is 1. The van der Waals surface area contributed by atoms with Crippen LogP contribution in [0.15, 0.2) is 30.3 Å². The largest absolute Gasteiger partial charge is 0.338 e. The van der Waals surface area contributed by atoms with Gasteiger partial charge in [0.15, 0.2) is 0 Å². The molecule has 1 saturated carbocycles. The van der Waals surface area contributed by atoms with Crippen LogP contribution in [0.5, 0.6) is 0 Å². The molecule has 1 aromatic carbocycles. The number of anilines is 1. The van der Waals surface area contributed by atoms with E-state index in [0.29, 0.717) is 19.1 Å². The summed E-state index contributed by atoms with van der Waals surface area (Å²) in [7, 11) is 0. The zero-order valence-electron chi connectivity index (χ0n) is 12.5. The minimum atomic E-state index is -0.240. The predicted octanol–water partition coefficient (Wildman–Crippen LogP) is 2.60. The SMILES string of the molecule is CC(=O)N(CCNC(=O)Nc1ccccc1)C1CCCC1. The fraction of sp³-hybridized carbons (Fsp3) is 0.500. The second-order valence-corrected chi connectivity index (χ2v) is 5.40. The summed E-state index contributed by atoms with van der Waals surface area (Å²) in [5.41, 5.74) is 0.759. The summed E-state index contributed by atoms with van der Waals surface area (Å²) in [4.78, 5) is 25.3. The van der Waals surface area contributed by atoms with Gasteiger partial charge in [0.2, 0.25) is 5.91 Å². The van der Waals surface area contributed by atoms with Crippen LogP contribution < -0.4 is 10.6 Å². The van der Waals surface area contributed by atoms with E-state index >= 15 is 0 Å². The molecule has 2 rings (SSSR count). The third kappa shape index (κ3) is 4.77. The van der Waals surface area contributed by atoms with Gasteiger partial charge in [0.1, 0.15) is 0 Å². The lowest BCUT2D eigenvalue weighted by Gasteiger charge is -2.27. The smallest absolute Gasteiger partial charge is 0.319 e. The van der Waals surface area contributed by atoms with Crippen LogP contribution >= 0.6 is 0 Å². The van der Waals surface area contributed by atoms with Gasteiger partial charge in [-0.25, -0.2) is 4.79 Å². The van der Waals surface area contributed by atoms with E-state index in [0.717, 1.165) is 18.5 Å². The average Bonchev–Trinajstić information content (AvgIpc) is 2.98. The van der Waals surface area contributed by atoms with Crippen LogP contribution in [0.3, 0.4) is 0 Å². The second kappa shape index (κ2) is 7.67. The summed E-state index contributed by atoms with van der Waals surface area (Å²) >= 11 is 0. The summed E-state index contributed by atoms with van der Waals surface area (Å²) < 4.78 is 0. The average molecular weight is 289 g/mol. The number of nitrogens with one attached hydrogen (secondary N) is 2. The highest BCUT2D eigenvalue weighted by atomic mass is 16.2. The summed E-state index contributed by atoms with van der Waals surface area (Å²) in [5.74, 6) is 0.0900. The van der Waals surface area contributed by atoms with E-state index in [1.54, 1.807) is 6.92 Å².